The lowest BCUT2D eigenvalue weighted by atomic mass is 10.1. The minimum absolute atomic E-state index is 0.266. The van der Waals surface area contributed by atoms with Crippen LogP contribution in [0.5, 0.6) is 11.5 Å². The summed E-state index contributed by atoms with van der Waals surface area (Å²) < 4.78 is 11.3. The van der Waals surface area contributed by atoms with Crippen LogP contribution in [0.1, 0.15) is 38.2 Å². The number of ether oxygens (including phenoxy) is 2. The molecule has 0 aliphatic heterocycles. The summed E-state index contributed by atoms with van der Waals surface area (Å²) in [5.74, 6) is 6.31. The summed E-state index contributed by atoms with van der Waals surface area (Å²) in [6.07, 6.45) is 4.87. The second-order valence-corrected chi connectivity index (χ2v) is 5.06. The lowest BCUT2D eigenvalue weighted by Crippen LogP contribution is -2.22. The third-order valence-corrected chi connectivity index (χ3v) is 3.55. The van der Waals surface area contributed by atoms with Crippen molar-refractivity contribution >= 4 is 5.91 Å². The van der Waals surface area contributed by atoms with Gasteiger partial charge in [0.2, 0.25) is 0 Å². The Labute approximate surface area is 125 Å². The number of rotatable bonds is 5. The van der Waals surface area contributed by atoms with Crippen molar-refractivity contribution in [3.63, 3.8) is 0 Å². The van der Waals surface area contributed by atoms with Crippen molar-refractivity contribution in [3.8, 4) is 23.3 Å². The molecule has 0 spiro atoms. The number of nitrogens with one attached hydrogen (secondary N) is 1. The minimum Gasteiger partial charge on any atom is -0.497 e. The van der Waals surface area contributed by atoms with Gasteiger partial charge in [0.05, 0.1) is 13.2 Å². The molecule has 0 bridgehead atoms. The first kappa shape index (κ1) is 15.2. The molecule has 1 aliphatic rings. The average Bonchev–Trinajstić information content (AvgIpc) is 2.99. The molecular formula is C17H21NO3. The second-order valence-electron chi connectivity index (χ2n) is 5.06. The van der Waals surface area contributed by atoms with Crippen LogP contribution in [0.3, 0.4) is 0 Å². The van der Waals surface area contributed by atoms with E-state index >= 15 is 0 Å². The standard InChI is InChI=1S/C17H21NO3/c1-3-6-17(19)18-12-13-9-10-15(20-2)11-16(13)21-14-7-4-5-8-14/h9-11,14H,4-5,7-8,12H2,1-2H3,(H,18,19). The van der Waals surface area contributed by atoms with E-state index < -0.39 is 0 Å². The Kier molecular flexibility index (Phi) is 5.51. The van der Waals surface area contributed by atoms with Gasteiger partial charge < -0.3 is 14.8 Å². The third-order valence-electron chi connectivity index (χ3n) is 3.55. The number of carbonyl (C=O) groups excluding carboxylic acids is 1. The van der Waals surface area contributed by atoms with Crippen LogP contribution in [-0.2, 0) is 11.3 Å². The van der Waals surface area contributed by atoms with Crippen molar-refractivity contribution in [1.82, 2.24) is 5.32 Å². The fourth-order valence-electron chi connectivity index (χ4n) is 2.44. The highest BCUT2D eigenvalue weighted by Crippen LogP contribution is 2.29. The predicted molar refractivity (Wildman–Crippen MR) is 81.2 cm³/mol. The first-order valence-corrected chi connectivity index (χ1v) is 7.27. The van der Waals surface area contributed by atoms with Crippen LogP contribution in [0.4, 0.5) is 0 Å². The van der Waals surface area contributed by atoms with Gasteiger partial charge in [0, 0.05) is 18.2 Å². The van der Waals surface area contributed by atoms with Gasteiger partial charge in [-0.05, 0) is 50.7 Å². The number of hydrogen-bond donors (Lipinski definition) is 1. The topological polar surface area (TPSA) is 47.6 Å². The summed E-state index contributed by atoms with van der Waals surface area (Å²) in [4.78, 5) is 11.4. The predicted octanol–water partition coefficient (Wildman–Crippen LogP) is 2.66. The van der Waals surface area contributed by atoms with Crippen LogP contribution < -0.4 is 14.8 Å². The maximum Gasteiger partial charge on any atom is 0.296 e. The molecule has 4 heteroatoms. The molecule has 0 atom stereocenters. The number of benzene rings is 1. The van der Waals surface area contributed by atoms with Crippen LogP contribution >= 0.6 is 0 Å². The van der Waals surface area contributed by atoms with Gasteiger partial charge in [-0.25, -0.2) is 0 Å². The number of carbonyl (C=O) groups is 1. The molecule has 1 aliphatic carbocycles. The molecule has 0 radical (unpaired) electrons. The SMILES string of the molecule is CC#CC(=O)NCc1ccc(OC)cc1OC1CCCC1. The maximum absolute atomic E-state index is 11.4. The molecule has 1 aromatic carbocycles. The normalized spacial score (nSPS) is 14.2. The summed E-state index contributed by atoms with van der Waals surface area (Å²) in [6.45, 7) is 2.04. The quantitative estimate of drug-likeness (QED) is 0.847. The van der Waals surface area contributed by atoms with E-state index in [0.29, 0.717) is 6.54 Å². The number of hydrogen-bond acceptors (Lipinski definition) is 3. The van der Waals surface area contributed by atoms with Crippen LogP contribution in [-0.4, -0.2) is 19.1 Å². The Hall–Kier alpha value is -2.15. The molecule has 0 unspecified atom stereocenters. The highest BCUT2D eigenvalue weighted by molar-refractivity contribution is 5.93. The largest absolute Gasteiger partial charge is 0.497 e. The lowest BCUT2D eigenvalue weighted by molar-refractivity contribution is -0.115. The minimum atomic E-state index is -0.278. The van der Waals surface area contributed by atoms with Crippen molar-refractivity contribution < 1.29 is 14.3 Å². The molecular weight excluding hydrogens is 266 g/mol. The molecule has 1 saturated carbocycles. The highest BCUT2D eigenvalue weighted by Gasteiger charge is 2.18. The molecule has 0 saturated heterocycles. The summed E-state index contributed by atoms with van der Waals surface area (Å²) in [7, 11) is 1.63. The van der Waals surface area contributed by atoms with Crippen LogP contribution in [0.15, 0.2) is 18.2 Å². The maximum atomic E-state index is 11.4. The van der Waals surface area contributed by atoms with E-state index in [-0.39, 0.29) is 12.0 Å². The van der Waals surface area contributed by atoms with E-state index in [9.17, 15) is 4.79 Å². The molecule has 1 fully saturated rings. The monoisotopic (exact) mass is 287 g/mol. The zero-order valence-corrected chi connectivity index (χ0v) is 12.6. The molecule has 0 heterocycles. The van der Waals surface area contributed by atoms with Gasteiger partial charge in [-0.3, -0.25) is 4.79 Å². The van der Waals surface area contributed by atoms with E-state index in [1.807, 2.05) is 18.2 Å². The van der Waals surface area contributed by atoms with E-state index in [0.717, 1.165) is 29.9 Å². The van der Waals surface area contributed by atoms with Crippen molar-refractivity contribution in [1.29, 1.82) is 0 Å². The average molecular weight is 287 g/mol. The zero-order chi connectivity index (χ0) is 15.1. The first-order chi connectivity index (χ1) is 10.2. The summed E-state index contributed by atoms with van der Waals surface area (Å²) in [5, 5.41) is 2.77. The summed E-state index contributed by atoms with van der Waals surface area (Å²) in [6, 6.07) is 5.67. The summed E-state index contributed by atoms with van der Waals surface area (Å²) >= 11 is 0. The van der Waals surface area contributed by atoms with Gasteiger partial charge in [-0.15, -0.1) is 0 Å². The highest BCUT2D eigenvalue weighted by atomic mass is 16.5. The van der Waals surface area contributed by atoms with E-state index in [1.165, 1.54) is 12.8 Å². The Balaban J connectivity index is 2.09. The lowest BCUT2D eigenvalue weighted by Gasteiger charge is -2.17. The van der Waals surface area contributed by atoms with Crippen LogP contribution in [0.25, 0.3) is 0 Å². The molecule has 1 N–H and O–H groups in total. The molecule has 2 rings (SSSR count). The zero-order valence-electron chi connectivity index (χ0n) is 12.6. The van der Waals surface area contributed by atoms with Crippen LogP contribution in [0.2, 0.25) is 0 Å². The van der Waals surface area contributed by atoms with Gasteiger partial charge in [0.15, 0.2) is 0 Å². The van der Waals surface area contributed by atoms with E-state index in [4.69, 9.17) is 9.47 Å². The fraction of sp³-hybridized carbons (Fsp3) is 0.471. The van der Waals surface area contributed by atoms with Crippen molar-refractivity contribution in [2.45, 2.75) is 45.3 Å². The Morgan fingerprint density at radius 3 is 2.81 bits per heavy atom. The molecule has 1 aromatic rings. The Morgan fingerprint density at radius 1 is 1.38 bits per heavy atom. The van der Waals surface area contributed by atoms with Gasteiger partial charge in [-0.1, -0.05) is 5.92 Å². The smallest absolute Gasteiger partial charge is 0.296 e. The van der Waals surface area contributed by atoms with Crippen LogP contribution in [0, 0.1) is 11.8 Å². The Bertz CT molecular complexity index is 551. The molecule has 4 nitrogen and oxygen atoms in total. The van der Waals surface area contributed by atoms with E-state index in [1.54, 1.807) is 14.0 Å². The van der Waals surface area contributed by atoms with Gasteiger partial charge in [0.25, 0.3) is 5.91 Å². The van der Waals surface area contributed by atoms with Gasteiger partial charge >= 0.3 is 0 Å². The third kappa shape index (κ3) is 4.42. The van der Waals surface area contributed by atoms with Gasteiger partial charge in [0.1, 0.15) is 11.5 Å². The van der Waals surface area contributed by atoms with Crippen molar-refractivity contribution in [2.24, 2.45) is 0 Å². The summed E-state index contributed by atoms with van der Waals surface area (Å²) in [5.41, 5.74) is 0.939. The second kappa shape index (κ2) is 7.58. The molecule has 21 heavy (non-hydrogen) atoms. The van der Waals surface area contributed by atoms with Gasteiger partial charge in [-0.2, -0.15) is 0 Å². The molecule has 112 valence electrons. The fourth-order valence-corrected chi connectivity index (χ4v) is 2.44. The number of amides is 1. The Morgan fingerprint density at radius 2 is 2.14 bits per heavy atom. The molecule has 1 amide bonds. The molecule has 0 aromatic heterocycles. The number of methoxy groups -OCH3 is 1. The van der Waals surface area contributed by atoms with Crippen molar-refractivity contribution in [3.05, 3.63) is 23.8 Å². The van der Waals surface area contributed by atoms with Crippen molar-refractivity contribution in [2.75, 3.05) is 7.11 Å². The first-order valence-electron chi connectivity index (χ1n) is 7.27. The van der Waals surface area contributed by atoms with E-state index in [2.05, 4.69) is 17.2 Å².